The summed E-state index contributed by atoms with van der Waals surface area (Å²) in [7, 11) is 1.00. The Balaban J connectivity index is 0.000000161. The minimum atomic E-state index is -0.491. The van der Waals surface area contributed by atoms with E-state index in [9.17, 15) is 25.0 Å². The molecule has 4 saturated carbocycles. The van der Waals surface area contributed by atoms with Crippen LogP contribution in [0.25, 0.3) is 11.0 Å². The number of aromatic nitrogens is 2. The average molecular weight is 803 g/mol. The SMILES string of the molecule is CO.Cc1cccc(N)c1NC1CC1.Cc1cccc([N+](=O)[O-])c1Cl.Cc1cccc([N+](=O)[O-])c1NC1CC1.Cc1cccc2[nH]c(=O)n(C3CC3)c12.NC1CC1. The number of imidazole rings is 1. The van der Waals surface area contributed by atoms with Gasteiger partial charge in [0.05, 0.1) is 32.3 Å². The number of halogens is 1. The largest absolute Gasteiger partial charge is 0.400 e. The Morgan fingerprint density at radius 2 is 1.16 bits per heavy atom. The van der Waals surface area contributed by atoms with Crippen LogP contribution in [0.5, 0.6) is 0 Å². The van der Waals surface area contributed by atoms with E-state index in [2.05, 4.69) is 41.6 Å². The second-order valence-corrected chi connectivity index (χ2v) is 15.0. The number of aliphatic hydroxyl groups excluding tert-OH is 1. The van der Waals surface area contributed by atoms with Gasteiger partial charge in [-0.25, -0.2) is 4.79 Å². The number of nitrogens with two attached hydrogens (primary N) is 2. The number of hydrogen-bond acceptors (Lipinski definition) is 10. The van der Waals surface area contributed by atoms with E-state index in [1.807, 2.05) is 41.8 Å². The van der Waals surface area contributed by atoms with Gasteiger partial charge in [-0.05, 0) is 113 Å². The Labute approximate surface area is 337 Å². The molecule has 0 bridgehead atoms. The van der Waals surface area contributed by atoms with Crippen LogP contribution in [0.3, 0.4) is 0 Å². The zero-order chi connectivity index (χ0) is 41.8. The molecule has 4 aromatic carbocycles. The van der Waals surface area contributed by atoms with Gasteiger partial charge in [-0.3, -0.25) is 24.8 Å². The molecule has 1 aromatic heterocycles. The highest BCUT2D eigenvalue weighted by Gasteiger charge is 2.28. The third kappa shape index (κ3) is 13.3. The number of hydrogen-bond donors (Lipinski definition) is 6. The van der Waals surface area contributed by atoms with E-state index in [0.717, 1.165) is 66.3 Å². The van der Waals surface area contributed by atoms with Crippen molar-refractivity contribution in [2.45, 2.75) is 103 Å². The first kappa shape index (κ1) is 44.3. The molecular formula is C42H55ClN8O6. The highest BCUT2D eigenvalue weighted by atomic mass is 35.5. The number of aromatic amines is 1. The predicted molar refractivity (Wildman–Crippen MR) is 230 cm³/mol. The minimum Gasteiger partial charge on any atom is -0.400 e. The molecular weight excluding hydrogens is 748 g/mol. The first-order chi connectivity index (χ1) is 27.2. The fourth-order valence-corrected chi connectivity index (χ4v) is 5.85. The number of H-pyrrole nitrogens is 1. The number of nitro groups is 2. The van der Waals surface area contributed by atoms with Crippen molar-refractivity contribution in [1.82, 2.24) is 9.55 Å². The average Bonchev–Trinajstić information content (AvgIpc) is 3.95. The molecule has 4 fully saturated rings. The maximum atomic E-state index is 11.7. The van der Waals surface area contributed by atoms with Crippen molar-refractivity contribution in [3.63, 3.8) is 0 Å². The first-order valence-electron chi connectivity index (χ1n) is 19.2. The normalized spacial score (nSPS) is 14.9. The van der Waals surface area contributed by atoms with Gasteiger partial charge in [-0.15, -0.1) is 0 Å². The van der Waals surface area contributed by atoms with Gasteiger partial charge in [0.15, 0.2) is 0 Å². The van der Waals surface area contributed by atoms with Gasteiger partial charge in [-0.2, -0.15) is 0 Å². The van der Waals surface area contributed by atoms with Crippen LogP contribution < -0.4 is 27.8 Å². The molecule has 0 unspecified atom stereocenters. The molecule has 1 heterocycles. The minimum absolute atomic E-state index is 0.0355. The van der Waals surface area contributed by atoms with E-state index in [1.54, 1.807) is 25.1 Å². The second kappa shape index (κ2) is 20.6. The highest BCUT2D eigenvalue weighted by molar-refractivity contribution is 6.33. The van der Waals surface area contributed by atoms with Crippen molar-refractivity contribution in [2.24, 2.45) is 5.73 Å². The van der Waals surface area contributed by atoms with Crippen LogP contribution in [0.2, 0.25) is 5.02 Å². The molecule has 14 nitrogen and oxygen atoms in total. The molecule has 0 atom stereocenters. The van der Waals surface area contributed by atoms with Crippen LogP contribution in [0.1, 0.15) is 79.7 Å². The van der Waals surface area contributed by atoms with Crippen LogP contribution in [0.15, 0.2) is 77.6 Å². The van der Waals surface area contributed by atoms with Crippen LogP contribution in [0.4, 0.5) is 28.4 Å². The summed E-state index contributed by atoms with van der Waals surface area (Å²) in [5.41, 5.74) is 20.0. The van der Waals surface area contributed by atoms with E-state index >= 15 is 0 Å². The Morgan fingerprint density at radius 3 is 1.63 bits per heavy atom. The summed E-state index contributed by atoms with van der Waals surface area (Å²) in [5.74, 6) is 0. The summed E-state index contributed by atoms with van der Waals surface area (Å²) >= 11 is 5.65. The summed E-state index contributed by atoms with van der Waals surface area (Å²) in [6.45, 7) is 7.75. The fraction of sp³-hybridized carbons (Fsp3) is 0.405. The molecule has 0 saturated heterocycles. The number of anilines is 3. The Bertz CT molecular complexity index is 2170. The van der Waals surface area contributed by atoms with Gasteiger partial charge < -0.3 is 32.2 Å². The van der Waals surface area contributed by atoms with Crippen molar-refractivity contribution in [1.29, 1.82) is 0 Å². The van der Waals surface area contributed by atoms with Gasteiger partial charge in [0.25, 0.3) is 11.4 Å². The molecule has 15 heteroatoms. The number of nitrogens with zero attached hydrogens (tertiary/aromatic N) is 3. The van der Waals surface area contributed by atoms with E-state index in [4.69, 9.17) is 28.2 Å². The number of para-hydroxylation sites is 3. The smallest absolute Gasteiger partial charge is 0.326 e. The van der Waals surface area contributed by atoms with E-state index in [-0.39, 0.29) is 27.0 Å². The molecule has 0 aliphatic heterocycles. The van der Waals surface area contributed by atoms with Gasteiger partial charge >= 0.3 is 5.69 Å². The lowest BCUT2D eigenvalue weighted by molar-refractivity contribution is -0.384. The molecule has 4 aliphatic carbocycles. The van der Waals surface area contributed by atoms with Crippen molar-refractivity contribution in [3.8, 4) is 0 Å². The zero-order valence-corrected chi connectivity index (χ0v) is 34.0. The lowest BCUT2D eigenvalue weighted by Crippen LogP contribution is -2.15. The number of fused-ring (bicyclic) bond motifs is 1. The standard InChI is InChI=1S/C11H12N2O.C10H12N2O2.C10H14N2.C7H6ClNO2.C3H7N.CH4O/c1-7-3-2-4-9-10(7)13(8-5-6-8)11(14)12-9;1-7-3-2-4-9(12(13)14)10(7)11-8-5-6-8;1-7-3-2-4-9(11)10(7)12-8-5-6-8;1-5-3-2-4-6(7(5)8)9(10)11;4-3-1-2-3;1-2/h2-4,8H,5-6H2,1H3,(H,12,14);2-4,8,11H,5-6H2,1H3;2-4,8,12H,5-6,11H2,1H3;2-4H,1H3;3H,1-2,4H2;2H,1H3. The fourth-order valence-electron chi connectivity index (χ4n) is 5.65. The summed E-state index contributed by atoms with van der Waals surface area (Å²) in [5, 5.41) is 34.9. The molecule has 0 amide bonds. The number of nitro benzene ring substituents is 2. The summed E-state index contributed by atoms with van der Waals surface area (Å²) in [4.78, 5) is 34.8. The van der Waals surface area contributed by atoms with Crippen molar-refractivity contribution >= 4 is 51.1 Å². The Kier molecular flexibility index (Phi) is 16.0. The van der Waals surface area contributed by atoms with E-state index in [1.165, 1.54) is 48.9 Å². The van der Waals surface area contributed by atoms with Gasteiger partial charge in [0.2, 0.25) is 0 Å². The topological polar surface area (TPSA) is 220 Å². The Hall–Kier alpha value is -5.44. The molecule has 8 N–H and O–H groups in total. The number of aliphatic hydroxyl groups is 1. The molecule has 306 valence electrons. The number of aryl methyl sites for hydroxylation is 4. The van der Waals surface area contributed by atoms with Crippen molar-refractivity contribution < 1.29 is 15.0 Å². The monoisotopic (exact) mass is 802 g/mol. The van der Waals surface area contributed by atoms with Crippen LogP contribution in [0, 0.1) is 47.9 Å². The number of nitrogen functional groups attached to an aromatic ring is 1. The van der Waals surface area contributed by atoms with Gasteiger partial charge in [0, 0.05) is 43.4 Å². The molecule has 0 radical (unpaired) electrons. The molecule has 5 aromatic rings. The predicted octanol–water partition coefficient (Wildman–Crippen LogP) is 8.87. The quantitative estimate of drug-likeness (QED) is 0.0521. The maximum absolute atomic E-state index is 11.7. The summed E-state index contributed by atoms with van der Waals surface area (Å²) < 4.78 is 1.91. The number of nitrogens with one attached hydrogen (secondary N) is 3. The summed E-state index contributed by atoms with van der Waals surface area (Å²) in [6.07, 6.45) is 9.61. The van der Waals surface area contributed by atoms with Crippen LogP contribution >= 0.6 is 11.6 Å². The lowest BCUT2D eigenvalue weighted by atomic mass is 10.1. The van der Waals surface area contributed by atoms with Gasteiger partial charge in [0.1, 0.15) is 10.7 Å². The van der Waals surface area contributed by atoms with Crippen LogP contribution in [-0.2, 0) is 0 Å². The lowest BCUT2D eigenvalue weighted by Gasteiger charge is -2.10. The highest BCUT2D eigenvalue weighted by Crippen LogP contribution is 2.36. The molecule has 0 spiro atoms. The third-order valence-corrected chi connectivity index (χ3v) is 9.94. The first-order valence-corrected chi connectivity index (χ1v) is 19.5. The number of rotatable bonds is 7. The third-order valence-electron chi connectivity index (χ3n) is 9.45. The zero-order valence-electron chi connectivity index (χ0n) is 33.3. The second-order valence-electron chi connectivity index (χ2n) is 14.6. The van der Waals surface area contributed by atoms with E-state index in [0.29, 0.717) is 29.9 Å². The van der Waals surface area contributed by atoms with E-state index < -0.39 is 4.92 Å². The van der Waals surface area contributed by atoms with Crippen molar-refractivity contribution in [2.75, 3.05) is 23.5 Å². The maximum Gasteiger partial charge on any atom is 0.326 e. The Morgan fingerprint density at radius 1 is 0.702 bits per heavy atom. The molecule has 4 aliphatic rings. The van der Waals surface area contributed by atoms with Crippen LogP contribution in [-0.4, -0.2) is 49.7 Å². The summed E-state index contributed by atoms with van der Waals surface area (Å²) in [6, 6.07) is 24.0. The number of benzene rings is 4. The van der Waals surface area contributed by atoms with Crippen molar-refractivity contribution in [3.05, 3.63) is 131 Å². The molecule has 57 heavy (non-hydrogen) atoms. The van der Waals surface area contributed by atoms with Gasteiger partial charge in [-0.1, -0.05) is 60.1 Å². The molecule has 9 rings (SSSR count).